The quantitative estimate of drug-likeness (QED) is 0.561. The van der Waals surface area contributed by atoms with Crippen molar-refractivity contribution in [1.82, 2.24) is 9.55 Å². The van der Waals surface area contributed by atoms with Crippen LogP contribution in [-0.4, -0.2) is 14.7 Å². The Balaban J connectivity index is 1.81. The summed E-state index contributed by atoms with van der Waals surface area (Å²) in [5.41, 5.74) is 4.70. The average Bonchev–Trinajstić information content (AvgIpc) is 3.13. The van der Waals surface area contributed by atoms with Crippen molar-refractivity contribution in [2.75, 3.05) is 0 Å². The van der Waals surface area contributed by atoms with Crippen LogP contribution in [0.2, 0.25) is 0 Å². The van der Waals surface area contributed by atoms with Gasteiger partial charge in [0.15, 0.2) is 0 Å². The van der Waals surface area contributed by atoms with E-state index >= 15 is 0 Å². The standard InChI is InChI=1S/C26H25N3O/c1-17-21-14-15-23-25(28-18(2)29(23)20-12-8-5-9-13-20)26(21,16-22(27-3)24(17)30)19-10-6-4-7-11-19/h4-13,17,21,30H,14-16H2,1-2H3/t17-,21-,26+/m0/s1. The number of aliphatic hydroxyl groups excluding tert-OH is 1. The molecule has 0 saturated heterocycles. The molecule has 0 unspecified atom stereocenters. The van der Waals surface area contributed by atoms with Gasteiger partial charge in [-0.1, -0.05) is 55.5 Å². The molecule has 2 aromatic carbocycles. The molecule has 3 atom stereocenters. The lowest BCUT2D eigenvalue weighted by atomic mass is 9.54. The average molecular weight is 396 g/mol. The molecule has 1 N–H and O–H groups in total. The van der Waals surface area contributed by atoms with E-state index in [-0.39, 0.29) is 17.6 Å². The summed E-state index contributed by atoms with van der Waals surface area (Å²) in [7, 11) is 0. The molecule has 1 aromatic heterocycles. The minimum Gasteiger partial charge on any atom is -0.523 e. The second-order valence-electron chi connectivity index (χ2n) is 8.52. The van der Waals surface area contributed by atoms with Crippen LogP contribution in [-0.2, 0) is 11.8 Å². The normalized spacial score (nSPS) is 25.4. The summed E-state index contributed by atoms with van der Waals surface area (Å²) in [4.78, 5) is 8.89. The van der Waals surface area contributed by atoms with E-state index in [9.17, 15) is 5.11 Å². The number of hydrogen-bond acceptors (Lipinski definition) is 2. The lowest BCUT2D eigenvalue weighted by Gasteiger charge is -2.49. The molecule has 0 amide bonds. The number of aliphatic hydroxyl groups is 1. The topological polar surface area (TPSA) is 42.4 Å². The zero-order valence-electron chi connectivity index (χ0n) is 17.3. The number of rotatable bonds is 2. The van der Waals surface area contributed by atoms with Crippen LogP contribution in [0.3, 0.4) is 0 Å². The fraction of sp³-hybridized carbons (Fsp3) is 0.308. The van der Waals surface area contributed by atoms with Gasteiger partial charge in [-0.25, -0.2) is 9.83 Å². The van der Waals surface area contributed by atoms with E-state index in [0.717, 1.165) is 30.0 Å². The Hall–Kier alpha value is -3.32. The minimum atomic E-state index is -0.398. The lowest BCUT2D eigenvalue weighted by molar-refractivity contribution is 0.149. The molecule has 150 valence electrons. The first kappa shape index (κ1) is 18.7. The second-order valence-corrected chi connectivity index (χ2v) is 8.52. The number of fused-ring (bicyclic) bond motifs is 3. The zero-order chi connectivity index (χ0) is 20.9. The fourth-order valence-electron chi connectivity index (χ4n) is 5.78. The highest BCUT2D eigenvalue weighted by molar-refractivity contribution is 5.50. The summed E-state index contributed by atoms with van der Waals surface area (Å²) in [6.07, 6.45) is 2.37. The van der Waals surface area contributed by atoms with Gasteiger partial charge in [-0.3, -0.25) is 0 Å². The van der Waals surface area contributed by atoms with Crippen molar-refractivity contribution in [2.24, 2.45) is 11.8 Å². The molecule has 0 spiro atoms. The van der Waals surface area contributed by atoms with E-state index in [0.29, 0.717) is 12.1 Å². The van der Waals surface area contributed by atoms with Crippen LogP contribution in [0.25, 0.3) is 10.5 Å². The molecule has 3 aromatic rings. The molecule has 4 nitrogen and oxygen atoms in total. The third-order valence-electron chi connectivity index (χ3n) is 7.10. The highest BCUT2D eigenvalue weighted by Gasteiger charge is 2.54. The van der Waals surface area contributed by atoms with E-state index in [4.69, 9.17) is 11.6 Å². The third-order valence-corrected chi connectivity index (χ3v) is 7.10. The van der Waals surface area contributed by atoms with E-state index in [1.54, 1.807) is 0 Å². The molecule has 0 radical (unpaired) electrons. The van der Waals surface area contributed by atoms with Crippen LogP contribution in [0.15, 0.2) is 72.1 Å². The number of imidazole rings is 1. The van der Waals surface area contributed by atoms with Crippen LogP contribution in [0, 0.1) is 25.3 Å². The summed E-state index contributed by atoms with van der Waals surface area (Å²) < 4.78 is 2.27. The highest BCUT2D eigenvalue weighted by atomic mass is 16.3. The SMILES string of the molecule is [C-]#[N+]C1=C(O)[C@@H](C)[C@@H]2CCc3c(nc(C)n3-c3ccccc3)[C@@]2(c2ccccc2)C1. The largest absolute Gasteiger partial charge is 0.523 e. The van der Waals surface area contributed by atoms with Gasteiger partial charge < -0.3 is 9.67 Å². The number of aryl methyl sites for hydroxylation is 1. The Labute approximate surface area is 177 Å². The van der Waals surface area contributed by atoms with Crippen LogP contribution in [0.5, 0.6) is 0 Å². The number of hydrogen-bond donors (Lipinski definition) is 1. The Kier molecular flexibility index (Phi) is 4.29. The van der Waals surface area contributed by atoms with Gasteiger partial charge in [-0.2, -0.15) is 0 Å². The van der Waals surface area contributed by atoms with Gasteiger partial charge in [-0.15, -0.1) is 0 Å². The maximum atomic E-state index is 10.8. The molecule has 5 rings (SSSR count). The van der Waals surface area contributed by atoms with Crippen molar-refractivity contribution in [3.8, 4) is 5.69 Å². The van der Waals surface area contributed by atoms with E-state index in [2.05, 4.69) is 71.8 Å². The summed E-state index contributed by atoms with van der Waals surface area (Å²) in [6, 6.07) is 20.9. The summed E-state index contributed by atoms with van der Waals surface area (Å²) in [5.74, 6) is 1.37. The Morgan fingerprint density at radius 1 is 1.10 bits per heavy atom. The van der Waals surface area contributed by atoms with Crippen molar-refractivity contribution in [3.05, 3.63) is 106 Å². The molecular weight excluding hydrogens is 370 g/mol. The molecule has 30 heavy (non-hydrogen) atoms. The molecule has 4 heteroatoms. The summed E-state index contributed by atoms with van der Waals surface area (Å²) in [6.45, 7) is 11.8. The second kappa shape index (κ2) is 6.88. The number of para-hydroxylation sites is 1. The molecule has 2 aliphatic carbocycles. The Morgan fingerprint density at radius 3 is 2.43 bits per heavy atom. The van der Waals surface area contributed by atoms with Crippen molar-refractivity contribution in [3.63, 3.8) is 0 Å². The van der Waals surface area contributed by atoms with E-state index in [1.165, 1.54) is 11.3 Å². The monoisotopic (exact) mass is 395 g/mol. The number of allylic oxidation sites excluding steroid dienone is 2. The van der Waals surface area contributed by atoms with Gasteiger partial charge in [0.05, 0.1) is 18.0 Å². The summed E-state index contributed by atoms with van der Waals surface area (Å²) in [5, 5.41) is 10.8. The first-order chi connectivity index (χ1) is 14.6. The fourth-order valence-corrected chi connectivity index (χ4v) is 5.78. The molecule has 0 fully saturated rings. The predicted molar refractivity (Wildman–Crippen MR) is 117 cm³/mol. The molecule has 2 aliphatic rings. The molecule has 0 saturated carbocycles. The van der Waals surface area contributed by atoms with Crippen LogP contribution in [0.1, 0.15) is 42.5 Å². The van der Waals surface area contributed by atoms with Gasteiger partial charge in [0.1, 0.15) is 5.82 Å². The van der Waals surface area contributed by atoms with Gasteiger partial charge in [-0.05, 0) is 49.8 Å². The molecule has 1 heterocycles. The maximum absolute atomic E-state index is 10.8. The number of benzene rings is 2. The predicted octanol–water partition coefficient (Wildman–Crippen LogP) is 5.76. The van der Waals surface area contributed by atoms with Crippen molar-refractivity contribution >= 4 is 0 Å². The molecular formula is C26H25N3O. The number of nitrogens with zero attached hydrogens (tertiary/aromatic N) is 3. The smallest absolute Gasteiger partial charge is 0.203 e. The van der Waals surface area contributed by atoms with Crippen LogP contribution in [0.4, 0.5) is 0 Å². The molecule has 0 bridgehead atoms. The van der Waals surface area contributed by atoms with Gasteiger partial charge in [0, 0.05) is 22.7 Å². The number of aromatic nitrogens is 2. The minimum absolute atomic E-state index is 0.0709. The van der Waals surface area contributed by atoms with Gasteiger partial charge in [0.25, 0.3) is 0 Å². The molecule has 0 aliphatic heterocycles. The van der Waals surface area contributed by atoms with E-state index < -0.39 is 5.41 Å². The third kappa shape index (κ3) is 2.48. The van der Waals surface area contributed by atoms with Crippen molar-refractivity contribution < 1.29 is 5.11 Å². The zero-order valence-corrected chi connectivity index (χ0v) is 17.3. The van der Waals surface area contributed by atoms with E-state index in [1.807, 2.05) is 12.1 Å². The van der Waals surface area contributed by atoms with Crippen molar-refractivity contribution in [2.45, 2.75) is 38.5 Å². The lowest BCUT2D eigenvalue weighted by Crippen LogP contribution is -2.47. The van der Waals surface area contributed by atoms with Crippen molar-refractivity contribution in [1.29, 1.82) is 0 Å². The van der Waals surface area contributed by atoms with Gasteiger partial charge in [0.2, 0.25) is 5.70 Å². The van der Waals surface area contributed by atoms with Crippen LogP contribution < -0.4 is 0 Å². The van der Waals surface area contributed by atoms with Gasteiger partial charge >= 0.3 is 0 Å². The Bertz CT molecular complexity index is 1170. The first-order valence-corrected chi connectivity index (χ1v) is 10.6. The Morgan fingerprint density at radius 2 is 1.77 bits per heavy atom. The van der Waals surface area contributed by atoms with Crippen LogP contribution >= 0.6 is 0 Å². The first-order valence-electron chi connectivity index (χ1n) is 10.6. The summed E-state index contributed by atoms with van der Waals surface area (Å²) >= 11 is 0. The highest BCUT2D eigenvalue weighted by Crippen LogP contribution is 2.57. The maximum Gasteiger partial charge on any atom is 0.203 e.